The second-order valence-corrected chi connectivity index (χ2v) is 4.62. The van der Waals surface area contributed by atoms with Crippen LogP contribution in [0.2, 0.25) is 0 Å². The lowest BCUT2D eigenvalue weighted by Crippen LogP contribution is -2.13. The molecule has 0 aliphatic carbocycles. The molecule has 0 unspecified atom stereocenters. The zero-order valence-electron chi connectivity index (χ0n) is 11.1. The number of nitrogens with zero attached hydrogens (tertiary/aromatic N) is 5. The molecule has 0 aliphatic heterocycles. The van der Waals surface area contributed by atoms with Crippen LogP contribution in [0, 0.1) is 6.92 Å². The van der Waals surface area contributed by atoms with Crippen molar-refractivity contribution in [3.63, 3.8) is 0 Å². The highest BCUT2D eigenvalue weighted by Gasteiger charge is 2.14. The molecule has 0 spiro atoms. The molecule has 0 saturated carbocycles. The fraction of sp³-hybridized carbons (Fsp3) is 0.231. The Hall–Kier alpha value is -2.54. The Bertz CT molecular complexity index is 669. The second-order valence-electron chi connectivity index (χ2n) is 4.62. The van der Waals surface area contributed by atoms with Crippen molar-refractivity contribution in [2.75, 3.05) is 0 Å². The Balaban J connectivity index is 1.77. The first-order valence-electron chi connectivity index (χ1n) is 6.28. The number of nitrogens with one attached hydrogen (secondary N) is 1. The molecule has 0 saturated heterocycles. The summed E-state index contributed by atoms with van der Waals surface area (Å²) in [4.78, 5) is 8.28. The number of aromatic amines is 1. The Labute approximate surface area is 115 Å². The van der Waals surface area contributed by atoms with Gasteiger partial charge in [-0.1, -0.05) is 29.8 Å². The number of rotatable bonds is 4. The molecule has 0 radical (unpaired) electrons. The van der Waals surface area contributed by atoms with Crippen molar-refractivity contribution >= 4 is 0 Å². The van der Waals surface area contributed by atoms with Crippen molar-refractivity contribution in [1.29, 1.82) is 0 Å². The predicted octanol–water partition coefficient (Wildman–Crippen LogP) is 0.801. The molecular formula is C13H15N7. The molecular weight excluding hydrogens is 254 g/mol. The summed E-state index contributed by atoms with van der Waals surface area (Å²) in [7, 11) is 0. The molecule has 3 N–H and O–H groups in total. The largest absolute Gasteiger partial charge is 0.318 e. The molecule has 0 bridgehead atoms. The maximum Gasteiger partial charge on any atom is 0.171 e. The van der Waals surface area contributed by atoms with Gasteiger partial charge in [-0.2, -0.15) is 10.2 Å². The van der Waals surface area contributed by atoms with Gasteiger partial charge < -0.3 is 5.73 Å². The van der Waals surface area contributed by atoms with Gasteiger partial charge in [0, 0.05) is 0 Å². The molecule has 0 fully saturated rings. The highest BCUT2D eigenvalue weighted by molar-refractivity contribution is 5.27. The van der Waals surface area contributed by atoms with Crippen LogP contribution >= 0.6 is 0 Å². The summed E-state index contributed by atoms with van der Waals surface area (Å²) in [6, 6.07) is 7.70. The Morgan fingerprint density at radius 1 is 1.30 bits per heavy atom. The second kappa shape index (κ2) is 5.22. The molecule has 3 rings (SSSR count). The van der Waals surface area contributed by atoms with E-state index >= 15 is 0 Å². The topological polar surface area (TPSA) is 98.3 Å². The molecule has 1 aromatic carbocycles. The van der Waals surface area contributed by atoms with Crippen LogP contribution in [-0.4, -0.2) is 29.9 Å². The molecule has 20 heavy (non-hydrogen) atoms. The van der Waals surface area contributed by atoms with Gasteiger partial charge in [-0.3, -0.25) is 5.10 Å². The van der Waals surface area contributed by atoms with Gasteiger partial charge in [0.05, 0.1) is 6.04 Å². The van der Waals surface area contributed by atoms with E-state index in [2.05, 4.69) is 25.3 Å². The number of aromatic nitrogens is 6. The van der Waals surface area contributed by atoms with E-state index in [-0.39, 0.29) is 6.04 Å². The number of benzene rings is 1. The van der Waals surface area contributed by atoms with Crippen LogP contribution in [0.4, 0.5) is 0 Å². The van der Waals surface area contributed by atoms with Crippen LogP contribution in [0.1, 0.15) is 28.8 Å². The fourth-order valence-electron chi connectivity index (χ4n) is 1.91. The Morgan fingerprint density at radius 2 is 2.10 bits per heavy atom. The van der Waals surface area contributed by atoms with Crippen molar-refractivity contribution in [2.45, 2.75) is 19.5 Å². The molecule has 2 aromatic heterocycles. The Morgan fingerprint density at radius 3 is 2.80 bits per heavy atom. The molecule has 102 valence electrons. The van der Waals surface area contributed by atoms with Gasteiger partial charge in [-0.05, 0) is 12.5 Å². The fourth-order valence-corrected chi connectivity index (χ4v) is 1.91. The van der Waals surface area contributed by atoms with Gasteiger partial charge in [-0.25, -0.2) is 14.6 Å². The maximum atomic E-state index is 6.17. The smallest absolute Gasteiger partial charge is 0.171 e. The van der Waals surface area contributed by atoms with E-state index in [1.165, 1.54) is 11.9 Å². The minimum atomic E-state index is -0.337. The number of nitrogens with two attached hydrogens (primary N) is 1. The summed E-state index contributed by atoms with van der Waals surface area (Å²) in [5.41, 5.74) is 8.36. The van der Waals surface area contributed by atoms with Crippen LogP contribution in [0.25, 0.3) is 0 Å². The lowest BCUT2D eigenvalue weighted by Gasteiger charge is -2.07. The normalized spacial score (nSPS) is 12.5. The van der Waals surface area contributed by atoms with Crippen LogP contribution in [0.15, 0.2) is 36.9 Å². The molecule has 2 heterocycles. The number of hydrogen-bond acceptors (Lipinski definition) is 5. The van der Waals surface area contributed by atoms with E-state index in [1.807, 2.05) is 31.2 Å². The highest BCUT2D eigenvalue weighted by Crippen LogP contribution is 2.16. The summed E-state index contributed by atoms with van der Waals surface area (Å²) >= 11 is 0. The number of hydrogen-bond donors (Lipinski definition) is 2. The third-order valence-electron chi connectivity index (χ3n) is 3.04. The molecule has 0 aliphatic rings. The van der Waals surface area contributed by atoms with Gasteiger partial charge >= 0.3 is 0 Å². The lowest BCUT2D eigenvalue weighted by molar-refractivity contribution is 0.655. The van der Waals surface area contributed by atoms with Crippen molar-refractivity contribution in [1.82, 2.24) is 29.9 Å². The lowest BCUT2D eigenvalue weighted by atomic mass is 10.1. The van der Waals surface area contributed by atoms with E-state index in [0.717, 1.165) is 5.56 Å². The third-order valence-corrected chi connectivity index (χ3v) is 3.04. The summed E-state index contributed by atoms with van der Waals surface area (Å²) in [6.45, 7) is 2.53. The van der Waals surface area contributed by atoms with E-state index in [1.54, 1.807) is 11.0 Å². The third kappa shape index (κ3) is 2.57. The van der Waals surface area contributed by atoms with Gasteiger partial charge in [0.1, 0.15) is 25.0 Å². The van der Waals surface area contributed by atoms with Crippen molar-refractivity contribution < 1.29 is 0 Å². The monoisotopic (exact) mass is 269 g/mol. The summed E-state index contributed by atoms with van der Waals surface area (Å²) in [5, 5.41) is 11.1. The van der Waals surface area contributed by atoms with Crippen LogP contribution in [-0.2, 0) is 6.54 Å². The summed E-state index contributed by atoms with van der Waals surface area (Å²) in [6.07, 6.45) is 3.11. The van der Waals surface area contributed by atoms with Crippen molar-refractivity contribution in [2.24, 2.45) is 5.73 Å². The predicted molar refractivity (Wildman–Crippen MR) is 72.7 cm³/mol. The first-order valence-corrected chi connectivity index (χ1v) is 6.28. The number of aryl methyl sites for hydroxylation is 1. The van der Waals surface area contributed by atoms with Gasteiger partial charge in [0.25, 0.3) is 0 Å². The zero-order chi connectivity index (χ0) is 13.9. The molecule has 3 aromatic rings. The first-order chi connectivity index (χ1) is 9.72. The molecule has 0 amide bonds. The van der Waals surface area contributed by atoms with E-state index in [0.29, 0.717) is 18.2 Å². The molecule has 7 nitrogen and oxygen atoms in total. The van der Waals surface area contributed by atoms with Gasteiger partial charge in [0.2, 0.25) is 0 Å². The first kappa shape index (κ1) is 12.5. The summed E-state index contributed by atoms with van der Waals surface area (Å²) in [5.74, 6) is 1.28. The van der Waals surface area contributed by atoms with E-state index in [4.69, 9.17) is 5.73 Å². The van der Waals surface area contributed by atoms with Crippen LogP contribution in [0.3, 0.4) is 0 Å². The van der Waals surface area contributed by atoms with Crippen molar-refractivity contribution in [3.8, 4) is 0 Å². The van der Waals surface area contributed by atoms with Crippen molar-refractivity contribution in [3.05, 3.63) is 59.7 Å². The van der Waals surface area contributed by atoms with E-state index in [9.17, 15) is 0 Å². The zero-order valence-corrected chi connectivity index (χ0v) is 11.1. The molecule has 1 atom stereocenters. The van der Waals surface area contributed by atoms with Gasteiger partial charge in [0.15, 0.2) is 5.82 Å². The Kier molecular flexibility index (Phi) is 3.26. The van der Waals surface area contributed by atoms with Crippen LogP contribution < -0.4 is 5.73 Å². The average molecular weight is 269 g/mol. The standard InChI is InChI=1S/C13H15N7/c1-9-2-4-10(5-3-9)12(14)13-17-11(18-19-13)6-20-8-15-7-16-20/h2-5,7-8,12H,6,14H2,1H3,(H,17,18,19)/t12-/m1/s1. The maximum absolute atomic E-state index is 6.17. The minimum Gasteiger partial charge on any atom is -0.318 e. The minimum absolute atomic E-state index is 0.337. The highest BCUT2D eigenvalue weighted by atomic mass is 15.3. The van der Waals surface area contributed by atoms with Gasteiger partial charge in [-0.15, -0.1) is 0 Å². The quantitative estimate of drug-likeness (QED) is 0.730. The SMILES string of the molecule is Cc1ccc([C@@H](N)c2n[nH]c(Cn3cncn3)n2)cc1. The van der Waals surface area contributed by atoms with E-state index < -0.39 is 0 Å². The number of H-pyrrole nitrogens is 1. The van der Waals surface area contributed by atoms with Crippen LogP contribution in [0.5, 0.6) is 0 Å². The summed E-state index contributed by atoms with van der Waals surface area (Å²) < 4.78 is 1.67. The molecule has 7 heteroatoms. The average Bonchev–Trinajstić information content (AvgIpc) is 3.11.